The number of hydrogen-bond acceptors (Lipinski definition) is 5. The molecule has 0 unspecified atom stereocenters. The number of rotatable bonds is 6. The van der Waals surface area contributed by atoms with Gasteiger partial charge in [-0.1, -0.05) is 30.3 Å². The number of amides is 1. The third-order valence-electron chi connectivity index (χ3n) is 3.86. The summed E-state index contributed by atoms with van der Waals surface area (Å²) in [5.74, 6) is -1.10. The Bertz CT molecular complexity index is 1030. The first-order valence-electron chi connectivity index (χ1n) is 8.80. The van der Waals surface area contributed by atoms with Crippen molar-refractivity contribution in [2.24, 2.45) is 0 Å². The first-order chi connectivity index (χ1) is 14.3. The van der Waals surface area contributed by atoms with Crippen molar-refractivity contribution in [1.29, 1.82) is 0 Å². The lowest BCUT2D eigenvalue weighted by Gasteiger charge is -2.08. The predicted molar refractivity (Wildman–Crippen MR) is 112 cm³/mol. The number of carbonyl (C=O) groups is 2. The van der Waals surface area contributed by atoms with E-state index in [1.807, 2.05) is 30.3 Å². The molecule has 1 N–H and O–H groups in total. The largest absolute Gasteiger partial charge is 0.462 e. The van der Waals surface area contributed by atoms with E-state index in [1.165, 1.54) is 35.6 Å². The van der Waals surface area contributed by atoms with Crippen LogP contribution in [0.5, 0.6) is 0 Å². The molecule has 30 heavy (non-hydrogen) atoms. The number of ether oxygens (including phenoxy) is 1. The maximum atomic E-state index is 12.6. The maximum absolute atomic E-state index is 12.6. The number of halogens is 3. The van der Waals surface area contributed by atoms with Gasteiger partial charge in [0, 0.05) is 15.3 Å². The summed E-state index contributed by atoms with van der Waals surface area (Å²) in [6.07, 6.45) is 0. The Kier molecular flexibility index (Phi) is 6.84. The van der Waals surface area contributed by atoms with Crippen LogP contribution in [0.4, 0.5) is 18.2 Å². The summed E-state index contributed by atoms with van der Waals surface area (Å²) < 4.78 is 42.4. The number of anilines is 1. The molecule has 0 atom stereocenters. The second kappa shape index (κ2) is 9.36. The van der Waals surface area contributed by atoms with Crippen molar-refractivity contribution in [3.05, 3.63) is 71.8 Å². The molecule has 0 aliphatic carbocycles. The van der Waals surface area contributed by atoms with Gasteiger partial charge in [0.25, 0.3) is 5.91 Å². The third kappa shape index (κ3) is 5.64. The Morgan fingerprint density at radius 2 is 1.73 bits per heavy atom. The molecule has 0 bridgehead atoms. The molecule has 9 heteroatoms. The second-order valence-corrected chi connectivity index (χ2v) is 8.16. The molecule has 0 aliphatic heterocycles. The smallest absolute Gasteiger partial charge is 0.446 e. The third-order valence-corrected chi connectivity index (χ3v) is 5.70. The Balaban J connectivity index is 1.84. The van der Waals surface area contributed by atoms with Crippen molar-refractivity contribution >= 4 is 40.0 Å². The van der Waals surface area contributed by atoms with Crippen LogP contribution in [0.3, 0.4) is 0 Å². The summed E-state index contributed by atoms with van der Waals surface area (Å²) in [6.45, 7) is 1.86. The highest BCUT2D eigenvalue weighted by Crippen LogP contribution is 2.38. The molecule has 0 radical (unpaired) electrons. The molecule has 3 aromatic rings. The van der Waals surface area contributed by atoms with E-state index < -0.39 is 17.4 Å². The van der Waals surface area contributed by atoms with Crippen molar-refractivity contribution in [2.75, 3.05) is 11.9 Å². The molecule has 1 aromatic heterocycles. The van der Waals surface area contributed by atoms with E-state index in [0.717, 1.165) is 10.4 Å². The summed E-state index contributed by atoms with van der Waals surface area (Å²) in [4.78, 5) is 25.7. The van der Waals surface area contributed by atoms with Crippen LogP contribution in [0.25, 0.3) is 10.4 Å². The minimum Gasteiger partial charge on any atom is -0.462 e. The lowest BCUT2D eigenvalue weighted by Crippen LogP contribution is -2.14. The van der Waals surface area contributed by atoms with E-state index in [0.29, 0.717) is 5.00 Å². The molecule has 0 fully saturated rings. The van der Waals surface area contributed by atoms with Gasteiger partial charge in [-0.05, 0) is 54.6 Å². The number of benzene rings is 2. The van der Waals surface area contributed by atoms with E-state index >= 15 is 0 Å². The SMILES string of the molecule is CCOC(=O)c1cc(-c2ccccc2)sc1NC(=O)c1ccc(SC(F)(F)F)cc1. The standard InChI is InChI=1S/C21H16F3NO3S2/c1-2-28-20(27)16-12-17(13-6-4-3-5-7-13)29-19(16)25-18(26)14-8-10-15(11-9-14)30-21(22,23)24/h3-12H,2H2,1H3,(H,25,26). The Morgan fingerprint density at radius 3 is 2.33 bits per heavy atom. The van der Waals surface area contributed by atoms with Gasteiger partial charge in [-0.2, -0.15) is 13.2 Å². The zero-order valence-electron chi connectivity index (χ0n) is 15.7. The first-order valence-corrected chi connectivity index (χ1v) is 10.4. The topological polar surface area (TPSA) is 55.4 Å². The Morgan fingerprint density at radius 1 is 1.07 bits per heavy atom. The lowest BCUT2D eigenvalue weighted by atomic mass is 10.1. The van der Waals surface area contributed by atoms with E-state index in [1.54, 1.807) is 13.0 Å². The summed E-state index contributed by atoms with van der Waals surface area (Å²) in [6, 6.07) is 16.1. The average Bonchev–Trinajstić information content (AvgIpc) is 3.12. The molecule has 3 rings (SSSR count). The van der Waals surface area contributed by atoms with Gasteiger partial charge >= 0.3 is 11.5 Å². The fourth-order valence-electron chi connectivity index (χ4n) is 2.57. The maximum Gasteiger partial charge on any atom is 0.446 e. The molecular formula is C21H16F3NO3S2. The average molecular weight is 451 g/mol. The highest BCUT2D eigenvalue weighted by molar-refractivity contribution is 8.00. The van der Waals surface area contributed by atoms with Gasteiger partial charge in [-0.3, -0.25) is 4.79 Å². The zero-order chi connectivity index (χ0) is 21.7. The van der Waals surface area contributed by atoms with Gasteiger partial charge in [-0.25, -0.2) is 4.79 Å². The summed E-state index contributed by atoms with van der Waals surface area (Å²) in [7, 11) is 0. The second-order valence-electron chi connectivity index (χ2n) is 5.97. The quantitative estimate of drug-likeness (QED) is 0.345. The fourth-order valence-corrected chi connectivity index (χ4v) is 4.16. The lowest BCUT2D eigenvalue weighted by molar-refractivity contribution is -0.0328. The number of carbonyl (C=O) groups excluding carboxylic acids is 2. The monoisotopic (exact) mass is 451 g/mol. The molecule has 1 heterocycles. The van der Waals surface area contributed by atoms with Crippen molar-refractivity contribution in [3.63, 3.8) is 0 Å². The first kappa shape index (κ1) is 21.9. The molecule has 0 spiro atoms. The minimum absolute atomic E-state index is 0.0197. The van der Waals surface area contributed by atoms with Crippen molar-refractivity contribution in [1.82, 2.24) is 0 Å². The number of esters is 1. The Labute approximate surface area is 179 Å². The van der Waals surface area contributed by atoms with Gasteiger partial charge in [0.05, 0.1) is 12.2 Å². The van der Waals surface area contributed by atoms with Crippen LogP contribution in [0.2, 0.25) is 0 Å². The van der Waals surface area contributed by atoms with E-state index in [4.69, 9.17) is 4.74 Å². The molecule has 2 aromatic carbocycles. The molecule has 0 saturated carbocycles. The van der Waals surface area contributed by atoms with Gasteiger partial charge in [0.15, 0.2) is 0 Å². The summed E-state index contributed by atoms with van der Waals surface area (Å²) >= 11 is 0.962. The fraction of sp³-hybridized carbons (Fsp3) is 0.143. The van der Waals surface area contributed by atoms with Crippen LogP contribution in [0.1, 0.15) is 27.6 Å². The van der Waals surface area contributed by atoms with Crippen molar-refractivity contribution < 1.29 is 27.5 Å². The number of hydrogen-bond donors (Lipinski definition) is 1. The van der Waals surface area contributed by atoms with Crippen LogP contribution >= 0.6 is 23.1 Å². The number of nitrogens with one attached hydrogen (secondary N) is 1. The zero-order valence-corrected chi connectivity index (χ0v) is 17.3. The van der Waals surface area contributed by atoms with Crippen molar-refractivity contribution in [2.45, 2.75) is 17.3 Å². The highest BCUT2D eigenvalue weighted by Gasteiger charge is 2.29. The number of thiophene rings is 1. The van der Waals surface area contributed by atoms with Crippen LogP contribution < -0.4 is 5.32 Å². The normalized spacial score (nSPS) is 11.2. The van der Waals surface area contributed by atoms with Crippen LogP contribution in [-0.4, -0.2) is 24.0 Å². The van der Waals surface area contributed by atoms with Gasteiger partial charge < -0.3 is 10.1 Å². The Hall–Kier alpha value is -2.78. The van der Waals surface area contributed by atoms with Gasteiger partial charge in [0.1, 0.15) is 5.00 Å². The summed E-state index contributed by atoms with van der Waals surface area (Å²) in [5.41, 5.74) is -3.13. The minimum atomic E-state index is -4.40. The summed E-state index contributed by atoms with van der Waals surface area (Å²) in [5, 5.41) is 2.98. The number of alkyl halides is 3. The van der Waals surface area contributed by atoms with E-state index in [9.17, 15) is 22.8 Å². The molecule has 0 aliphatic rings. The molecule has 156 valence electrons. The van der Waals surface area contributed by atoms with Gasteiger partial charge in [-0.15, -0.1) is 11.3 Å². The molecule has 4 nitrogen and oxygen atoms in total. The van der Waals surface area contributed by atoms with Crippen LogP contribution in [-0.2, 0) is 4.74 Å². The number of thioether (sulfide) groups is 1. The molecular weight excluding hydrogens is 435 g/mol. The van der Waals surface area contributed by atoms with Gasteiger partial charge in [0.2, 0.25) is 0 Å². The van der Waals surface area contributed by atoms with E-state index in [2.05, 4.69) is 5.32 Å². The molecule has 1 amide bonds. The molecule has 0 saturated heterocycles. The predicted octanol–water partition coefficient (Wildman–Crippen LogP) is 6.46. The van der Waals surface area contributed by atoms with Crippen molar-refractivity contribution in [3.8, 4) is 10.4 Å². The highest BCUT2D eigenvalue weighted by atomic mass is 32.2. The van der Waals surface area contributed by atoms with E-state index in [-0.39, 0.29) is 34.4 Å². The van der Waals surface area contributed by atoms with Crippen LogP contribution in [0.15, 0.2) is 65.6 Å². The van der Waals surface area contributed by atoms with Crippen LogP contribution in [0, 0.1) is 0 Å².